The topological polar surface area (TPSA) is 79.1 Å². The second-order valence-corrected chi connectivity index (χ2v) is 12.6. The summed E-state index contributed by atoms with van der Waals surface area (Å²) in [7, 11) is 1.55. The van der Waals surface area contributed by atoms with Crippen molar-refractivity contribution < 1.29 is 23.4 Å². The molecule has 7 nitrogen and oxygen atoms in total. The summed E-state index contributed by atoms with van der Waals surface area (Å²) in [6.07, 6.45) is 1.75. The molecule has 0 unspecified atom stereocenters. The highest BCUT2D eigenvalue weighted by molar-refractivity contribution is 7.07. The molecule has 0 saturated carbocycles. The summed E-state index contributed by atoms with van der Waals surface area (Å²) in [5, 5.41) is 0. The Kier molecular flexibility index (Phi) is 9.68. The van der Waals surface area contributed by atoms with Crippen LogP contribution < -0.4 is 24.4 Å². The number of rotatable bonds is 10. The van der Waals surface area contributed by atoms with Crippen LogP contribution in [0.15, 0.2) is 112 Å². The number of para-hydroxylation sites is 1. The number of aromatic nitrogens is 1. The molecule has 1 aliphatic heterocycles. The van der Waals surface area contributed by atoms with E-state index in [1.165, 1.54) is 23.5 Å². The van der Waals surface area contributed by atoms with Gasteiger partial charge in [-0.1, -0.05) is 104 Å². The number of esters is 1. The normalized spacial score (nSPS) is 14.5. The van der Waals surface area contributed by atoms with E-state index < -0.39 is 12.0 Å². The predicted molar refractivity (Wildman–Crippen MR) is 185 cm³/mol. The first-order chi connectivity index (χ1) is 23.3. The first-order valence-corrected chi connectivity index (χ1v) is 16.5. The molecule has 2 heterocycles. The van der Waals surface area contributed by atoms with Crippen LogP contribution in [0.3, 0.4) is 0 Å². The van der Waals surface area contributed by atoms with Crippen LogP contribution in [0.2, 0.25) is 0 Å². The number of hydrogen-bond donors (Lipinski definition) is 0. The van der Waals surface area contributed by atoms with Crippen molar-refractivity contribution in [2.75, 3.05) is 13.7 Å². The largest absolute Gasteiger partial charge is 0.493 e. The maximum atomic E-state index is 14.4. The van der Waals surface area contributed by atoms with Crippen LogP contribution in [0.4, 0.5) is 4.39 Å². The first-order valence-electron chi connectivity index (χ1n) is 15.7. The minimum Gasteiger partial charge on any atom is -0.493 e. The third kappa shape index (κ3) is 6.59. The molecular weight excluding hydrogens is 628 g/mol. The highest BCUT2D eigenvalue weighted by Crippen LogP contribution is 2.36. The van der Waals surface area contributed by atoms with Crippen molar-refractivity contribution in [2.45, 2.75) is 39.3 Å². The van der Waals surface area contributed by atoms with E-state index in [-0.39, 0.29) is 24.6 Å². The molecule has 4 aromatic carbocycles. The molecule has 0 spiro atoms. The minimum absolute atomic E-state index is 0.165. The summed E-state index contributed by atoms with van der Waals surface area (Å²) in [6, 6.07) is 28.2. The van der Waals surface area contributed by atoms with Gasteiger partial charge < -0.3 is 14.2 Å². The number of carbonyl (C=O) groups is 1. The Morgan fingerprint density at radius 1 is 0.979 bits per heavy atom. The Bertz CT molecular complexity index is 2150. The number of benzene rings is 4. The van der Waals surface area contributed by atoms with Gasteiger partial charge in [0.1, 0.15) is 12.4 Å². The van der Waals surface area contributed by atoms with Crippen molar-refractivity contribution in [3.63, 3.8) is 0 Å². The van der Waals surface area contributed by atoms with E-state index in [4.69, 9.17) is 19.2 Å². The van der Waals surface area contributed by atoms with Crippen molar-refractivity contribution in [3.05, 3.63) is 156 Å². The Labute approximate surface area is 281 Å². The van der Waals surface area contributed by atoms with Crippen LogP contribution in [0, 0.1) is 5.82 Å². The van der Waals surface area contributed by atoms with Gasteiger partial charge in [0.15, 0.2) is 16.3 Å². The van der Waals surface area contributed by atoms with Gasteiger partial charge in [-0.3, -0.25) is 9.36 Å². The van der Waals surface area contributed by atoms with Crippen LogP contribution in [0.25, 0.3) is 11.8 Å². The molecule has 244 valence electrons. The average molecular weight is 663 g/mol. The zero-order valence-corrected chi connectivity index (χ0v) is 27.9. The van der Waals surface area contributed by atoms with E-state index in [1.54, 1.807) is 42.9 Å². The summed E-state index contributed by atoms with van der Waals surface area (Å²) in [5.74, 6) is 0.369. The number of ether oxygens (including phenoxy) is 3. The third-order valence-corrected chi connectivity index (χ3v) is 9.09. The van der Waals surface area contributed by atoms with E-state index >= 15 is 0 Å². The minimum atomic E-state index is -0.779. The molecule has 9 heteroatoms. The van der Waals surface area contributed by atoms with Crippen molar-refractivity contribution in [1.82, 2.24) is 4.57 Å². The van der Waals surface area contributed by atoms with Crippen LogP contribution in [0.5, 0.6) is 11.5 Å². The Hall–Kier alpha value is -5.28. The molecule has 1 aliphatic rings. The lowest BCUT2D eigenvalue weighted by Crippen LogP contribution is -2.40. The fraction of sp³-hybridized carbons (Fsp3) is 0.205. The standard InChI is InChI=1S/C39H35FN2O5S/c1-5-46-38(44)33-34(27-10-7-6-8-11-27)41-39-42(35(33)28-18-16-26(17-19-28)24(2)3)37(43)32(48-39)22-29-12-9-13-31(45-4)36(29)47-23-25-14-20-30(40)21-15-25/h6-22,24,35H,5,23H2,1-4H3/b32-22-/t35-/m1/s1. The van der Waals surface area contributed by atoms with E-state index in [0.717, 1.165) is 22.3 Å². The number of hydrogen-bond acceptors (Lipinski definition) is 7. The quantitative estimate of drug-likeness (QED) is 0.154. The highest BCUT2D eigenvalue weighted by atomic mass is 32.1. The second-order valence-electron chi connectivity index (χ2n) is 11.5. The Morgan fingerprint density at radius 3 is 2.38 bits per heavy atom. The van der Waals surface area contributed by atoms with Gasteiger partial charge in [-0.2, -0.15) is 0 Å². The third-order valence-electron chi connectivity index (χ3n) is 8.10. The molecule has 48 heavy (non-hydrogen) atoms. The molecule has 0 amide bonds. The van der Waals surface area contributed by atoms with Gasteiger partial charge in [-0.25, -0.2) is 14.2 Å². The van der Waals surface area contributed by atoms with Gasteiger partial charge in [-0.15, -0.1) is 0 Å². The lowest BCUT2D eigenvalue weighted by Gasteiger charge is -2.26. The summed E-state index contributed by atoms with van der Waals surface area (Å²) in [4.78, 5) is 33.6. The number of methoxy groups -OCH3 is 1. The summed E-state index contributed by atoms with van der Waals surface area (Å²) in [5.41, 5.74) is 4.49. The van der Waals surface area contributed by atoms with E-state index in [1.807, 2.05) is 66.7 Å². The summed E-state index contributed by atoms with van der Waals surface area (Å²) >= 11 is 1.23. The lowest BCUT2D eigenvalue weighted by molar-refractivity contribution is -0.138. The molecule has 0 N–H and O–H groups in total. The molecule has 1 atom stereocenters. The molecule has 6 rings (SSSR count). The molecule has 0 fully saturated rings. The van der Waals surface area contributed by atoms with Gasteiger partial charge in [0.25, 0.3) is 5.56 Å². The van der Waals surface area contributed by atoms with Gasteiger partial charge in [0.2, 0.25) is 0 Å². The summed E-state index contributed by atoms with van der Waals surface area (Å²) in [6.45, 7) is 6.33. The van der Waals surface area contributed by atoms with Crippen LogP contribution in [0.1, 0.15) is 60.5 Å². The smallest absolute Gasteiger partial charge is 0.338 e. The number of carbonyl (C=O) groups excluding carboxylic acids is 1. The molecular formula is C39H35FN2O5S. The zero-order chi connectivity index (χ0) is 33.8. The Morgan fingerprint density at radius 2 is 1.71 bits per heavy atom. The second kappa shape index (κ2) is 14.2. The molecule has 0 radical (unpaired) electrons. The van der Waals surface area contributed by atoms with E-state index in [9.17, 15) is 14.0 Å². The fourth-order valence-corrected chi connectivity index (χ4v) is 6.65. The van der Waals surface area contributed by atoms with Crippen LogP contribution in [-0.4, -0.2) is 24.3 Å². The first kappa shape index (κ1) is 32.7. The maximum absolute atomic E-state index is 14.4. The van der Waals surface area contributed by atoms with Crippen molar-refractivity contribution in [3.8, 4) is 11.5 Å². The SMILES string of the molecule is CCOC(=O)C1=C(c2ccccc2)N=c2s/c(=C\c3cccc(OC)c3OCc3ccc(F)cc3)c(=O)n2[C@@H]1c1ccc(C(C)C)cc1. The lowest BCUT2D eigenvalue weighted by atomic mass is 9.91. The molecule has 5 aromatic rings. The Balaban J connectivity index is 1.55. The summed E-state index contributed by atoms with van der Waals surface area (Å²) < 4.78 is 32.9. The fourth-order valence-electron chi connectivity index (χ4n) is 5.66. The predicted octanol–water partition coefficient (Wildman–Crippen LogP) is 6.79. The van der Waals surface area contributed by atoms with Crippen LogP contribution >= 0.6 is 11.3 Å². The average Bonchev–Trinajstić information content (AvgIpc) is 3.41. The number of thiazole rings is 1. The molecule has 0 saturated heterocycles. The highest BCUT2D eigenvalue weighted by Gasteiger charge is 2.35. The molecule has 0 bridgehead atoms. The number of fused-ring (bicyclic) bond motifs is 1. The van der Waals surface area contributed by atoms with Crippen molar-refractivity contribution in [1.29, 1.82) is 0 Å². The van der Waals surface area contributed by atoms with Gasteiger partial charge >= 0.3 is 5.97 Å². The van der Waals surface area contributed by atoms with Crippen LogP contribution in [-0.2, 0) is 16.1 Å². The monoisotopic (exact) mass is 662 g/mol. The maximum Gasteiger partial charge on any atom is 0.338 e. The zero-order valence-electron chi connectivity index (χ0n) is 27.1. The number of halogens is 1. The van der Waals surface area contributed by atoms with Gasteiger partial charge in [-0.05, 0) is 53.8 Å². The van der Waals surface area contributed by atoms with E-state index in [2.05, 4.69) is 13.8 Å². The van der Waals surface area contributed by atoms with Gasteiger partial charge in [0, 0.05) is 11.1 Å². The van der Waals surface area contributed by atoms with Gasteiger partial charge in [0.05, 0.1) is 35.6 Å². The van der Waals surface area contributed by atoms with Crippen molar-refractivity contribution in [2.24, 2.45) is 4.99 Å². The van der Waals surface area contributed by atoms with Crippen molar-refractivity contribution >= 4 is 29.1 Å². The molecule has 0 aliphatic carbocycles. The molecule has 1 aromatic heterocycles. The van der Waals surface area contributed by atoms with E-state index in [0.29, 0.717) is 43.6 Å². The number of nitrogens with zero attached hydrogens (tertiary/aromatic N) is 2.